The number of fused-ring (bicyclic) bond motifs is 3. The fourth-order valence-electron chi connectivity index (χ4n) is 10.0. The summed E-state index contributed by atoms with van der Waals surface area (Å²) < 4.78 is 2.42. The third-order valence-electron chi connectivity index (χ3n) is 13.3. The standard InChI is InChI=1S/C66H46N2/c1-4-19-47(20-5-1)48-35-37-49(38-36-48)50-39-43-54(44-40-50)67(64-33-16-14-29-61(64)60-28-13-12-27-59(60)58-26-11-10-25-56(58)51-21-6-2-7-22-51)55-45-41-52(42-46-55)57-31-18-32-63-62-30-15-17-34-65(62)68(66(57)63)53-23-8-3-9-24-53/h1-46H. The molecule has 320 valence electrons. The zero-order chi connectivity index (χ0) is 45.2. The van der Waals surface area contributed by atoms with E-state index in [1.165, 1.54) is 77.4 Å². The van der Waals surface area contributed by atoms with Crippen molar-refractivity contribution in [3.63, 3.8) is 0 Å². The van der Waals surface area contributed by atoms with Crippen LogP contribution in [-0.2, 0) is 0 Å². The first-order valence-corrected chi connectivity index (χ1v) is 23.3. The molecular formula is C66H46N2. The molecule has 0 bridgehead atoms. The van der Waals surface area contributed by atoms with E-state index in [-0.39, 0.29) is 0 Å². The van der Waals surface area contributed by atoms with E-state index in [0.29, 0.717) is 0 Å². The van der Waals surface area contributed by atoms with Crippen molar-refractivity contribution in [2.24, 2.45) is 0 Å². The Kier molecular flexibility index (Phi) is 10.6. The van der Waals surface area contributed by atoms with E-state index >= 15 is 0 Å². The van der Waals surface area contributed by atoms with Gasteiger partial charge in [0, 0.05) is 39.0 Å². The van der Waals surface area contributed by atoms with Crippen LogP contribution in [0.2, 0.25) is 0 Å². The highest BCUT2D eigenvalue weighted by molar-refractivity contribution is 6.14. The van der Waals surface area contributed by atoms with Gasteiger partial charge in [-0.2, -0.15) is 0 Å². The van der Waals surface area contributed by atoms with Crippen molar-refractivity contribution in [3.05, 3.63) is 279 Å². The van der Waals surface area contributed by atoms with Crippen LogP contribution in [0, 0.1) is 0 Å². The lowest BCUT2D eigenvalue weighted by molar-refractivity contribution is 1.18. The van der Waals surface area contributed by atoms with E-state index in [1.54, 1.807) is 0 Å². The fourth-order valence-corrected chi connectivity index (χ4v) is 10.0. The third kappa shape index (κ3) is 7.45. The summed E-state index contributed by atoms with van der Waals surface area (Å²) in [7, 11) is 0. The molecule has 0 N–H and O–H groups in total. The Morgan fingerprint density at radius 3 is 1.24 bits per heavy atom. The van der Waals surface area contributed by atoms with Crippen molar-refractivity contribution < 1.29 is 0 Å². The highest BCUT2D eigenvalue weighted by Gasteiger charge is 2.22. The second kappa shape index (κ2) is 17.8. The maximum Gasteiger partial charge on any atom is 0.0619 e. The lowest BCUT2D eigenvalue weighted by Gasteiger charge is -2.29. The van der Waals surface area contributed by atoms with E-state index in [1.807, 2.05) is 0 Å². The monoisotopic (exact) mass is 866 g/mol. The van der Waals surface area contributed by atoms with Crippen LogP contribution in [0.4, 0.5) is 17.1 Å². The molecule has 12 rings (SSSR count). The van der Waals surface area contributed by atoms with Gasteiger partial charge in [0.15, 0.2) is 0 Å². The van der Waals surface area contributed by atoms with Crippen LogP contribution in [0.5, 0.6) is 0 Å². The van der Waals surface area contributed by atoms with Crippen molar-refractivity contribution in [1.82, 2.24) is 4.57 Å². The molecule has 2 nitrogen and oxygen atoms in total. The lowest BCUT2D eigenvalue weighted by atomic mass is 9.88. The van der Waals surface area contributed by atoms with Crippen LogP contribution in [0.25, 0.3) is 94.3 Å². The van der Waals surface area contributed by atoms with Gasteiger partial charge >= 0.3 is 0 Å². The van der Waals surface area contributed by atoms with Crippen LogP contribution < -0.4 is 4.90 Å². The Morgan fingerprint density at radius 1 is 0.235 bits per heavy atom. The zero-order valence-corrected chi connectivity index (χ0v) is 37.5. The molecule has 0 fully saturated rings. The maximum atomic E-state index is 2.42. The van der Waals surface area contributed by atoms with Gasteiger partial charge in [-0.3, -0.25) is 0 Å². The minimum Gasteiger partial charge on any atom is -0.310 e. The van der Waals surface area contributed by atoms with Crippen molar-refractivity contribution in [2.75, 3.05) is 4.90 Å². The molecule has 1 heterocycles. The summed E-state index contributed by atoms with van der Waals surface area (Å²) in [6, 6.07) is 101. The van der Waals surface area contributed by atoms with Gasteiger partial charge in [-0.1, -0.05) is 231 Å². The molecule has 12 aromatic rings. The Labute approximate surface area is 397 Å². The highest BCUT2D eigenvalue weighted by atomic mass is 15.1. The molecule has 0 saturated carbocycles. The van der Waals surface area contributed by atoms with Gasteiger partial charge in [-0.25, -0.2) is 0 Å². The molecular weight excluding hydrogens is 821 g/mol. The van der Waals surface area contributed by atoms with Crippen LogP contribution in [0.1, 0.15) is 0 Å². The summed E-state index contributed by atoms with van der Waals surface area (Å²) in [6.07, 6.45) is 0. The van der Waals surface area contributed by atoms with Crippen molar-refractivity contribution in [2.45, 2.75) is 0 Å². The number of hydrogen-bond acceptors (Lipinski definition) is 1. The number of benzene rings is 11. The largest absolute Gasteiger partial charge is 0.310 e. The second-order valence-electron chi connectivity index (χ2n) is 17.2. The Bertz CT molecular complexity index is 3680. The molecule has 0 saturated heterocycles. The summed E-state index contributed by atoms with van der Waals surface area (Å²) in [5.74, 6) is 0. The van der Waals surface area contributed by atoms with E-state index in [9.17, 15) is 0 Å². The van der Waals surface area contributed by atoms with Crippen molar-refractivity contribution in [3.8, 4) is 72.4 Å². The minimum absolute atomic E-state index is 1.07. The molecule has 0 spiro atoms. The minimum atomic E-state index is 1.07. The van der Waals surface area contributed by atoms with E-state index in [4.69, 9.17) is 0 Å². The first-order chi connectivity index (χ1) is 33.8. The van der Waals surface area contributed by atoms with Crippen molar-refractivity contribution in [1.29, 1.82) is 0 Å². The summed E-state index contributed by atoms with van der Waals surface area (Å²) in [5, 5.41) is 2.48. The predicted octanol–water partition coefficient (Wildman–Crippen LogP) is 18.3. The number of hydrogen-bond donors (Lipinski definition) is 0. The molecule has 0 radical (unpaired) electrons. The molecule has 0 atom stereocenters. The lowest BCUT2D eigenvalue weighted by Crippen LogP contribution is -2.11. The van der Waals surface area contributed by atoms with Gasteiger partial charge in [-0.05, 0) is 104 Å². The second-order valence-corrected chi connectivity index (χ2v) is 17.2. The fraction of sp³-hybridized carbons (Fsp3) is 0. The van der Waals surface area contributed by atoms with Crippen LogP contribution in [0.15, 0.2) is 279 Å². The van der Waals surface area contributed by atoms with Crippen LogP contribution in [0.3, 0.4) is 0 Å². The molecule has 0 aliphatic rings. The maximum absolute atomic E-state index is 2.42. The van der Waals surface area contributed by atoms with Crippen molar-refractivity contribution >= 4 is 38.9 Å². The average Bonchev–Trinajstić information content (AvgIpc) is 3.77. The summed E-state index contributed by atoms with van der Waals surface area (Å²) in [6.45, 7) is 0. The summed E-state index contributed by atoms with van der Waals surface area (Å²) >= 11 is 0. The molecule has 68 heavy (non-hydrogen) atoms. The molecule has 2 heteroatoms. The van der Waals surface area contributed by atoms with Crippen LogP contribution in [-0.4, -0.2) is 4.57 Å². The van der Waals surface area contributed by atoms with Gasteiger partial charge in [0.25, 0.3) is 0 Å². The van der Waals surface area contributed by atoms with E-state index in [0.717, 1.165) is 33.9 Å². The van der Waals surface area contributed by atoms with E-state index < -0.39 is 0 Å². The quantitative estimate of drug-likeness (QED) is 0.133. The number of nitrogens with zero attached hydrogens (tertiary/aromatic N) is 2. The molecule has 0 aliphatic heterocycles. The van der Waals surface area contributed by atoms with Gasteiger partial charge in [0.2, 0.25) is 0 Å². The Morgan fingerprint density at radius 2 is 0.618 bits per heavy atom. The molecule has 0 aliphatic carbocycles. The normalized spacial score (nSPS) is 11.2. The first kappa shape index (κ1) is 40.5. The zero-order valence-electron chi connectivity index (χ0n) is 37.5. The van der Waals surface area contributed by atoms with Gasteiger partial charge in [0.05, 0.1) is 16.7 Å². The van der Waals surface area contributed by atoms with Gasteiger partial charge < -0.3 is 9.47 Å². The average molecular weight is 867 g/mol. The smallest absolute Gasteiger partial charge is 0.0619 e. The van der Waals surface area contributed by atoms with Gasteiger partial charge in [0.1, 0.15) is 0 Å². The molecule has 1 aromatic heterocycles. The molecule has 11 aromatic carbocycles. The number of anilines is 3. The van der Waals surface area contributed by atoms with E-state index in [2.05, 4.69) is 289 Å². The van der Waals surface area contributed by atoms with Gasteiger partial charge in [-0.15, -0.1) is 0 Å². The number of aromatic nitrogens is 1. The number of para-hydroxylation sites is 4. The third-order valence-corrected chi connectivity index (χ3v) is 13.3. The Hall–Kier alpha value is -8.98. The SMILES string of the molecule is c1ccc(-c2ccc(-c3ccc(N(c4ccc(-c5cccc6c7ccccc7n(-c7ccccc7)c56)cc4)c4ccccc4-c4ccccc4-c4ccccc4-c4ccccc4)cc3)cc2)cc1. The summed E-state index contributed by atoms with van der Waals surface area (Å²) in [5.41, 5.74) is 21.0. The first-order valence-electron chi connectivity index (χ1n) is 23.3. The topological polar surface area (TPSA) is 8.17 Å². The summed E-state index contributed by atoms with van der Waals surface area (Å²) in [4.78, 5) is 2.42. The highest BCUT2D eigenvalue weighted by Crippen LogP contribution is 2.46. The number of rotatable bonds is 10. The molecule has 0 amide bonds. The predicted molar refractivity (Wildman–Crippen MR) is 288 cm³/mol. The molecule has 0 unspecified atom stereocenters. The Balaban J connectivity index is 0.999. The van der Waals surface area contributed by atoms with Crippen LogP contribution >= 0.6 is 0 Å².